The summed E-state index contributed by atoms with van der Waals surface area (Å²) in [5.74, 6) is 0.251. The van der Waals surface area contributed by atoms with Crippen molar-refractivity contribution in [3.8, 4) is 5.75 Å². The van der Waals surface area contributed by atoms with E-state index in [0.29, 0.717) is 6.54 Å². The van der Waals surface area contributed by atoms with Crippen LogP contribution in [0.4, 0.5) is 10.5 Å². The van der Waals surface area contributed by atoms with Crippen LogP contribution < -0.4 is 9.50 Å². The van der Waals surface area contributed by atoms with Gasteiger partial charge in [-0.25, -0.2) is 4.79 Å². The molecular weight excluding hydrogens is 364 g/mol. The molecule has 1 N–H and O–H groups in total. The fourth-order valence-corrected chi connectivity index (χ4v) is 3.05. The Balaban J connectivity index is 2.13. The molecule has 0 aliphatic rings. The second-order valence-corrected chi connectivity index (χ2v) is 8.19. The Morgan fingerprint density at radius 2 is 1.85 bits per heavy atom. The van der Waals surface area contributed by atoms with E-state index in [0.717, 1.165) is 29.5 Å². The molecule has 2 aromatic carbocycles. The second kappa shape index (κ2) is 8.90. The Morgan fingerprint density at radius 3 is 2.41 bits per heavy atom. The van der Waals surface area contributed by atoms with E-state index >= 15 is 0 Å². The minimum Gasteiger partial charge on any atom is -0.383 e. The SMILES string of the molecule is CC[C@@H](C)N(Cc1ccc(OS(C)(=O)=O)cc1)C(=O)Nc1cccc(C)c1. The number of hydrogen-bond donors (Lipinski definition) is 1. The maximum atomic E-state index is 12.8. The van der Waals surface area contributed by atoms with Crippen molar-refractivity contribution in [3.63, 3.8) is 0 Å². The van der Waals surface area contributed by atoms with Crippen molar-refractivity contribution in [2.75, 3.05) is 11.6 Å². The molecule has 1 atom stereocenters. The van der Waals surface area contributed by atoms with Gasteiger partial charge in [0.15, 0.2) is 0 Å². The summed E-state index contributed by atoms with van der Waals surface area (Å²) in [6.07, 6.45) is 1.82. The van der Waals surface area contributed by atoms with Crippen LogP contribution in [-0.4, -0.2) is 31.6 Å². The first kappa shape index (κ1) is 20.8. The van der Waals surface area contributed by atoms with Crippen molar-refractivity contribution >= 4 is 21.8 Å². The minimum absolute atomic E-state index is 0.0433. The zero-order valence-electron chi connectivity index (χ0n) is 16.1. The van der Waals surface area contributed by atoms with E-state index in [2.05, 4.69) is 5.32 Å². The van der Waals surface area contributed by atoms with E-state index in [1.807, 2.05) is 45.0 Å². The van der Waals surface area contributed by atoms with Gasteiger partial charge in [0, 0.05) is 18.3 Å². The fourth-order valence-electron chi connectivity index (χ4n) is 2.59. The van der Waals surface area contributed by atoms with Crippen LogP contribution >= 0.6 is 0 Å². The van der Waals surface area contributed by atoms with Crippen molar-refractivity contribution in [1.82, 2.24) is 4.90 Å². The highest BCUT2D eigenvalue weighted by Gasteiger charge is 2.19. The van der Waals surface area contributed by atoms with Gasteiger partial charge in [-0.2, -0.15) is 8.42 Å². The minimum atomic E-state index is -3.56. The molecule has 0 fully saturated rings. The quantitative estimate of drug-likeness (QED) is 0.720. The highest BCUT2D eigenvalue weighted by Crippen LogP contribution is 2.18. The molecule has 0 radical (unpaired) electrons. The van der Waals surface area contributed by atoms with Crippen molar-refractivity contribution in [2.24, 2.45) is 0 Å². The summed E-state index contributed by atoms with van der Waals surface area (Å²) in [4.78, 5) is 14.6. The van der Waals surface area contributed by atoms with E-state index in [1.165, 1.54) is 0 Å². The highest BCUT2D eigenvalue weighted by molar-refractivity contribution is 7.86. The molecule has 7 heteroatoms. The molecule has 0 spiro atoms. The molecule has 2 rings (SSSR count). The molecule has 0 aliphatic heterocycles. The maximum absolute atomic E-state index is 12.8. The molecule has 0 saturated carbocycles. The van der Waals surface area contributed by atoms with Gasteiger partial charge in [0.25, 0.3) is 0 Å². The smallest absolute Gasteiger partial charge is 0.322 e. The summed E-state index contributed by atoms with van der Waals surface area (Å²) in [5.41, 5.74) is 2.71. The normalized spacial score (nSPS) is 12.3. The topological polar surface area (TPSA) is 75.7 Å². The lowest BCUT2D eigenvalue weighted by molar-refractivity contribution is 0.187. The number of nitrogens with zero attached hydrogens (tertiary/aromatic N) is 1. The van der Waals surface area contributed by atoms with Crippen LogP contribution in [0.25, 0.3) is 0 Å². The largest absolute Gasteiger partial charge is 0.383 e. The Kier molecular flexibility index (Phi) is 6.85. The molecule has 0 unspecified atom stereocenters. The first-order chi connectivity index (χ1) is 12.7. The van der Waals surface area contributed by atoms with Gasteiger partial charge in [-0.15, -0.1) is 0 Å². The third kappa shape index (κ3) is 6.60. The van der Waals surface area contributed by atoms with Crippen LogP contribution in [0.3, 0.4) is 0 Å². The van der Waals surface area contributed by atoms with Gasteiger partial charge in [-0.3, -0.25) is 0 Å². The Morgan fingerprint density at radius 1 is 1.19 bits per heavy atom. The molecule has 0 bridgehead atoms. The van der Waals surface area contributed by atoms with Gasteiger partial charge in [0.05, 0.1) is 6.26 Å². The molecule has 2 aromatic rings. The van der Waals surface area contributed by atoms with E-state index in [4.69, 9.17) is 4.18 Å². The first-order valence-corrected chi connectivity index (χ1v) is 10.6. The lowest BCUT2D eigenvalue weighted by atomic mass is 10.1. The van der Waals surface area contributed by atoms with Gasteiger partial charge >= 0.3 is 16.1 Å². The van der Waals surface area contributed by atoms with Gasteiger partial charge in [-0.05, 0) is 55.7 Å². The van der Waals surface area contributed by atoms with Crippen molar-refractivity contribution in [1.29, 1.82) is 0 Å². The van der Waals surface area contributed by atoms with E-state index in [9.17, 15) is 13.2 Å². The predicted molar refractivity (Wildman–Crippen MR) is 107 cm³/mol. The van der Waals surface area contributed by atoms with E-state index < -0.39 is 10.1 Å². The maximum Gasteiger partial charge on any atom is 0.322 e. The second-order valence-electron chi connectivity index (χ2n) is 6.62. The number of benzene rings is 2. The lowest BCUT2D eigenvalue weighted by Crippen LogP contribution is -2.40. The van der Waals surface area contributed by atoms with Crippen LogP contribution in [0.1, 0.15) is 31.4 Å². The molecule has 146 valence electrons. The third-order valence-corrected chi connectivity index (χ3v) is 4.67. The third-order valence-electron chi connectivity index (χ3n) is 4.18. The number of nitrogens with one attached hydrogen (secondary N) is 1. The standard InChI is InChI=1S/C20H26N2O4S/c1-5-16(3)22(20(23)21-18-8-6-7-15(2)13-18)14-17-9-11-19(12-10-17)26-27(4,24)25/h6-13,16H,5,14H2,1-4H3,(H,21,23)/t16-/m1/s1. The van der Waals surface area contributed by atoms with Crippen molar-refractivity contribution in [3.05, 3.63) is 59.7 Å². The number of hydrogen-bond acceptors (Lipinski definition) is 4. The summed E-state index contributed by atoms with van der Waals surface area (Å²) in [6, 6.07) is 14.2. The molecule has 2 amide bonds. The number of anilines is 1. The number of carbonyl (C=O) groups is 1. The van der Waals surface area contributed by atoms with Gasteiger partial charge in [0.2, 0.25) is 0 Å². The molecule has 0 aliphatic carbocycles. The average Bonchev–Trinajstić information content (AvgIpc) is 2.59. The van der Waals surface area contributed by atoms with Gasteiger partial charge in [0.1, 0.15) is 5.75 Å². The summed E-state index contributed by atoms with van der Waals surface area (Å²) < 4.78 is 27.2. The average molecular weight is 391 g/mol. The summed E-state index contributed by atoms with van der Waals surface area (Å²) in [6.45, 7) is 6.41. The van der Waals surface area contributed by atoms with E-state index in [-0.39, 0.29) is 17.8 Å². The summed E-state index contributed by atoms with van der Waals surface area (Å²) in [7, 11) is -3.56. The predicted octanol–water partition coefficient (Wildman–Crippen LogP) is 4.17. The van der Waals surface area contributed by atoms with Gasteiger partial charge < -0.3 is 14.4 Å². The fraction of sp³-hybridized carbons (Fsp3) is 0.350. The Hall–Kier alpha value is -2.54. The van der Waals surface area contributed by atoms with E-state index in [1.54, 1.807) is 29.2 Å². The molecule has 0 heterocycles. The molecule has 0 aromatic heterocycles. The van der Waals surface area contributed by atoms with Crippen LogP contribution in [0.2, 0.25) is 0 Å². The first-order valence-electron chi connectivity index (χ1n) is 8.80. The van der Waals surface area contributed by atoms with Crippen LogP contribution in [-0.2, 0) is 16.7 Å². The zero-order valence-corrected chi connectivity index (χ0v) is 16.9. The van der Waals surface area contributed by atoms with Crippen LogP contribution in [0.5, 0.6) is 5.75 Å². The van der Waals surface area contributed by atoms with Crippen LogP contribution in [0, 0.1) is 6.92 Å². The molecule has 0 saturated heterocycles. The highest BCUT2D eigenvalue weighted by atomic mass is 32.2. The number of amides is 2. The number of urea groups is 1. The molecular formula is C20H26N2O4S. The monoisotopic (exact) mass is 390 g/mol. The summed E-state index contributed by atoms with van der Waals surface area (Å²) >= 11 is 0. The van der Waals surface area contributed by atoms with Gasteiger partial charge in [-0.1, -0.05) is 31.2 Å². The number of carbonyl (C=O) groups excluding carboxylic acids is 1. The van der Waals surface area contributed by atoms with Crippen molar-refractivity contribution in [2.45, 2.75) is 39.8 Å². The Bertz CT molecular complexity index is 879. The Labute approximate surface area is 161 Å². The molecule has 6 nitrogen and oxygen atoms in total. The summed E-state index contributed by atoms with van der Waals surface area (Å²) in [5, 5.41) is 2.94. The zero-order chi connectivity index (χ0) is 20.0. The van der Waals surface area contributed by atoms with Crippen LogP contribution in [0.15, 0.2) is 48.5 Å². The number of aryl methyl sites for hydroxylation is 1. The van der Waals surface area contributed by atoms with Crippen molar-refractivity contribution < 1.29 is 17.4 Å². The number of rotatable bonds is 7. The lowest BCUT2D eigenvalue weighted by Gasteiger charge is -2.29. The molecule has 27 heavy (non-hydrogen) atoms.